The van der Waals surface area contributed by atoms with Crippen molar-refractivity contribution in [2.45, 2.75) is 13.3 Å². The minimum absolute atomic E-state index is 0. The Balaban J connectivity index is 0. The number of halogens is 1. The second-order valence-corrected chi connectivity index (χ2v) is 5.24. The molecular weight excluding hydrogens is 371 g/mol. The highest BCUT2D eigenvalue weighted by molar-refractivity contribution is 14.0. The number of aliphatic imine (C=N–C) groups is 1. The SMILES string of the molecule is CCOCCCN=C(N)NCCNS(C)(=O)=O.I. The number of nitrogens with zero attached hydrogens (tertiary/aromatic N) is 1. The topological polar surface area (TPSA) is 106 Å². The molecule has 9 heteroatoms. The number of nitrogens with two attached hydrogens (primary N) is 1. The van der Waals surface area contributed by atoms with E-state index in [2.05, 4.69) is 15.0 Å². The van der Waals surface area contributed by atoms with Crippen LogP contribution in [0.5, 0.6) is 0 Å². The zero-order valence-corrected chi connectivity index (χ0v) is 14.0. The van der Waals surface area contributed by atoms with Crippen LogP contribution in [0.2, 0.25) is 0 Å². The lowest BCUT2D eigenvalue weighted by molar-refractivity contribution is 0.146. The Morgan fingerprint density at radius 3 is 2.61 bits per heavy atom. The summed E-state index contributed by atoms with van der Waals surface area (Å²) in [5, 5.41) is 2.81. The van der Waals surface area contributed by atoms with E-state index in [-0.39, 0.29) is 30.5 Å². The number of guanidine groups is 1. The molecule has 0 aromatic carbocycles. The molecule has 110 valence electrons. The summed E-state index contributed by atoms with van der Waals surface area (Å²) in [4.78, 5) is 4.06. The van der Waals surface area contributed by atoms with Crippen LogP contribution in [-0.2, 0) is 14.8 Å². The maximum Gasteiger partial charge on any atom is 0.208 e. The third-order valence-electron chi connectivity index (χ3n) is 1.73. The van der Waals surface area contributed by atoms with Gasteiger partial charge in [-0.05, 0) is 13.3 Å². The molecule has 0 radical (unpaired) electrons. The van der Waals surface area contributed by atoms with Crippen molar-refractivity contribution in [3.8, 4) is 0 Å². The van der Waals surface area contributed by atoms with E-state index < -0.39 is 10.0 Å². The Hall–Kier alpha value is -0.130. The molecule has 4 N–H and O–H groups in total. The van der Waals surface area contributed by atoms with E-state index in [1.54, 1.807) is 0 Å². The van der Waals surface area contributed by atoms with Crippen LogP contribution in [0.4, 0.5) is 0 Å². The average molecular weight is 394 g/mol. The number of hydrogen-bond acceptors (Lipinski definition) is 4. The van der Waals surface area contributed by atoms with Crippen LogP contribution in [0, 0.1) is 0 Å². The van der Waals surface area contributed by atoms with Gasteiger partial charge in [-0.1, -0.05) is 0 Å². The fourth-order valence-corrected chi connectivity index (χ4v) is 1.47. The number of ether oxygens (including phenoxy) is 1. The molecule has 0 spiro atoms. The molecule has 0 amide bonds. The van der Waals surface area contributed by atoms with E-state index in [1.807, 2.05) is 6.92 Å². The van der Waals surface area contributed by atoms with E-state index in [9.17, 15) is 8.42 Å². The largest absolute Gasteiger partial charge is 0.382 e. The number of hydrogen-bond donors (Lipinski definition) is 3. The van der Waals surface area contributed by atoms with Gasteiger partial charge in [0.25, 0.3) is 0 Å². The van der Waals surface area contributed by atoms with Crippen molar-refractivity contribution >= 4 is 40.0 Å². The molecule has 0 aliphatic carbocycles. The summed E-state index contributed by atoms with van der Waals surface area (Å²) >= 11 is 0. The van der Waals surface area contributed by atoms with E-state index in [0.29, 0.717) is 32.3 Å². The smallest absolute Gasteiger partial charge is 0.208 e. The summed E-state index contributed by atoms with van der Waals surface area (Å²) in [7, 11) is -3.14. The van der Waals surface area contributed by atoms with Crippen molar-refractivity contribution in [3.05, 3.63) is 0 Å². The molecule has 0 saturated heterocycles. The maximum absolute atomic E-state index is 10.7. The molecule has 0 heterocycles. The Bertz CT molecular complexity index is 322. The monoisotopic (exact) mass is 394 g/mol. The van der Waals surface area contributed by atoms with Crippen LogP contribution in [-0.4, -0.2) is 53.5 Å². The van der Waals surface area contributed by atoms with Crippen LogP contribution in [0.3, 0.4) is 0 Å². The van der Waals surface area contributed by atoms with E-state index in [4.69, 9.17) is 10.5 Å². The first-order valence-corrected chi connectivity index (χ1v) is 7.41. The summed E-state index contributed by atoms with van der Waals surface area (Å²) in [6.07, 6.45) is 1.93. The highest BCUT2D eigenvalue weighted by atomic mass is 127. The lowest BCUT2D eigenvalue weighted by Crippen LogP contribution is -2.38. The lowest BCUT2D eigenvalue weighted by atomic mass is 10.4. The number of rotatable bonds is 9. The molecule has 0 rings (SSSR count). The third kappa shape index (κ3) is 15.9. The highest BCUT2D eigenvalue weighted by Crippen LogP contribution is 1.83. The Morgan fingerprint density at radius 1 is 1.39 bits per heavy atom. The van der Waals surface area contributed by atoms with Gasteiger partial charge in [0.15, 0.2) is 5.96 Å². The Morgan fingerprint density at radius 2 is 2.06 bits per heavy atom. The molecule has 0 unspecified atom stereocenters. The number of sulfonamides is 1. The molecule has 18 heavy (non-hydrogen) atoms. The molecule has 0 saturated carbocycles. The van der Waals surface area contributed by atoms with Crippen LogP contribution < -0.4 is 15.8 Å². The zero-order chi connectivity index (χ0) is 13.1. The van der Waals surface area contributed by atoms with Crippen LogP contribution >= 0.6 is 24.0 Å². The van der Waals surface area contributed by atoms with Crippen molar-refractivity contribution in [1.29, 1.82) is 0 Å². The van der Waals surface area contributed by atoms with Gasteiger partial charge in [0.2, 0.25) is 10.0 Å². The molecule has 0 aliphatic heterocycles. The van der Waals surface area contributed by atoms with Gasteiger partial charge in [-0.2, -0.15) is 0 Å². The van der Waals surface area contributed by atoms with Gasteiger partial charge in [0.1, 0.15) is 0 Å². The van der Waals surface area contributed by atoms with Gasteiger partial charge < -0.3 is 15.8 Å². The molecule has 0 bridgehead atoms. The first-order chi connectivity index (χ1) is 7.95. The van der Waals surface area contributed by atoms with Crippen molar-refractivity contribution < 1.29 is 13.2 Å². The minimum Gasteiger partial charge on any atom is -0.382 e. The predicted octanol–water partition coefficient (Wildman–Crippen LogP) is -0.515. The molecule has 0 aromatic heterocycles. The normalized spacial score (nSPS) is 12.0. The molecule has 0 atom stereocenters. The first kappa shape index (κ1) is 20.2. The summed E-state index contributed by atoms with van der Waals surface area (Å²) in [5.41, 5.74) is 5.56. The summed E-state index contributed by atoms with van der Waals surface area (Å²) in [6, 6.07) is 0. The molecule has 0 fully saturated rings. The van der Waals surface area contributed by atoms with Gasteiger partial charge >= 0.3 is 0 Å². The van der Waals surface area contributed by atoms with Crippen molar-refractivity contribution in [2.75, 3.05) is 39.1 Å². The molecular formula is C9H23IN4O3S. The van der Waals surface area contributed by atoms with Crippen LogP contribution in [0.1, 0.15) is 13.3 Å². The quantitative estimate of drug-likeness (QED) is 0.211. The standard InChI is InChI=1S/C9H22N4O3S.HI/c1-3-16-8-4-5-11-9(10)12-6-7-13-17(2,14)15;/h13H,3-8H2,1-2H3,(H3,10,11,12);1H. The van der Waals surface area contributed by atoms with E-state index >= 15 is 0 Å². The lowest BCUT2D eigenvalue weighted by Gasteiger charge is -2.06. The molecule has 0 aliphatic rings. The van der Waals surface area contributed by atoms with Gasteiger partial charge in [-0.25, -0.2) is 13.1 Å². The number of nitrogens with one attached hydrogen (secondary N) is 2. The maximum atomic E-state index is 10.7. The van der Waals surface area contributed by atoms with E-state index in [0.717, 1.165) is 12.7 Å². The minimum atomic E-state index is -3.14. The second kappa shape index (κ2) is 11.9. The second-order valence-electron chi connectivity index (χ2n) is 3.41. The third-order valence-corrected chi connectivity index (χ3v) is 2.46. The molecule has 0 aromatic rings. The summed E-state index contributed by atoms with van der Waals surface area (Å²) < 4.78 is 29.0. The first-order valence-electron chi connectivity index (χ1n) is 5.52. The highest BCUT2D eigenvalue weighted by Gasteiger charge is 1.98. The van der Waals surface area contributed by atoms with Crippen LogP contribution in [0.15, 0.2) is 4.99 Å². The Labute approximate surface area is 126 Å². The fraction of sp³-hybridized carbons (Fsp3) is 0.889. The van der Waals surface area contributed by atoms with Crippen molar-refractivity contribution in [2.24, 2.45) is 10.7 Å². The van der Waals surface area contributed by atoms with Crippen LogP contribution in [0.25, 0.3) is 0 Å². The average Bonchev–Trinajstić information content (AvgIpc) is 2.23. The summed E-state index contributed by atoms with van der Waals surface area (Å²) in [5.74, 6) is 0.316. The van der Waals surface area contributed by atoms with E-state index in [1.165, 1.54) is 0 Å². The van der Waals surface area contributed by atoms with Crippen molar-refractivity contribution in [3.63, 3.8) is 0 Å². The van der Waals surface area contributed by atoms with Gasteiger partial charge in [-0.15, -0.1) is 24.0 Å². The summed E-state index contributed by atoms with van der Waals surface area (Å²) in [6.45, 7) is 4.60. The van der Waals surface area contributed by atoms with Gasteiger partial charge in [0.05, 0.1) is 6.26 Å². The van der Waals surface area contributed by atoms with Crippen molar-refractivity contribution in [1.82, 2.24) is 10.0 Å². The fourth-order valence-electron chi connectivity index (χ4n) is 0.993. The predicted molar refractivity (Wildman–Crippen MR) is 83.9 cm³/mol. The molecule has 7 nitrogen and oxygen atoms in total. The zero-order valence-electron chi connectivity index (χ0n) is 10.8. The Kier molecular flexibility index (Phi) is 13.4. The van der Waals surface area contributed by atoms with Gasteiger partial charge in [-0.3, -0.25) is 4.99 Å². The van der Waals surface area contributed by atoms with Gasteiger partial charge in [0, 0.05) is 32.8 Å².